The number of unbranched alkanes of at least 4 members (excludes halogenated alkanes) is 7. The Morgan fingerprint density at radius 2 is 1.60 bits per heavy atom. The zero-order valence-corrected chi connectivity index (χ0v) is 11.0. The SMILES string of the molecule is C=CO[PH](=O)CCCCCCCCCC. The Morgan fingerprint density at radius 1 is 1.07 bits per heavy atom. The first-order valence-electron chi connectivity index (χ1n) is 6.11. The van der Waals surface area contributed by atoms with Gasteiger partial charge in [-0.15, -0.1) is 0 Å². The molecule has 0 aliphatic rings. The van der Waals surface area contributed by atoms with Crippen molar-refractivity contribution < 1.29 is 9.09 Å². The summed E-state index contributed by atoms with van der Waals surface area (Å²) in [5.74, 6) is 0. The van der Waals surface area contributed by atoms with Gasteiger partial charge in [0.05, 0.1) is 6.26 Å². The summed E-state index contributed by atoms with van der Waals surface area (Å²) < 4.78 is 15.9. The Hall–Kier alpha value is -0.230. The van der Waals surface area contributed by atoms with Crippen LogP contribution in [0.4, 0.5) is 0 Å². The van der Waals surface area contributed by atoms with Crippen LogP contribution in [0, 0.1) is 0 Å². The zero-order chi connectivity index (χ0) is 11.4. The molecule has 0 aromatic carbocycles. The van der Waals surface area contributed by atoms with Gasteiger partial charge in [-0.1, -0.05) is 58.4 Å². The van der Waals surface area contributed by atoms with Crippen LogP contribution in [-0.4, -0.2) is 6.16 Å². The smallest absolute Gasteiger partial charge is 0.235 e. The van der Waals surface area contributed by atoms with Crippen molar-refractivity contribution in [2.75, 3.05) is 6.16 Å². The topological polar surface area (TPSA) is 26.3 Å². The fourth-order valence-corrected chi connectivity index (χ4v) is 2.40. The van der Waals surface area contributed by atoms with E-state index in [4.69, 9.17) is 4.52 Å². The summed E-state index contributed by atoms with van der Waals surface area (Å²) in [6.45, 7) is 5.62. The van der Waals surface area contributed by atoms with Gasteiger partial charge in [-0.2, -0.15) is 0 Å². The van der Waals surface area contributed by atoms with Gasteiger partial charge in [-0.3, -0.25) is 4.57 Å². The first-order valence-corrected chi connectivity index (χ1v) is 7.64. The van der Waals surface area contributed by atoms with Gasteiger partial charge in [0.2, 0.25) is 8.03 Å². The van der Waals surface area contributed by atoms with Gasteiger partial charge in [-0.25, -0.2) is 0 Å². The van der Waals surface area contributed by atoms with Crippen molar-refractivity contribution in [1.82, 2.24) is 0 Å². The predicted octanol–water partition coefficient (Wildman–Crippen LogP) is 4.76. The number of hydrogen-bond acceptors (Lipinski definition) is 2. The molecule has 0 aliphatic carbocycles. The summed E-state index contributed by atoms with van der Waals surface area (Å²) in [6.07, 6.45) is 12.2. The maximum absolute atomic E-state index is 11.1. The second-order valence-corrected chi connectivity index (χ2v) is 5.36. The quantitative estimate of drug-likeness (QED) is 0.291. The predicted molar refractivity (Wildman–Crippen MR) is 67.8 cm³/mol. The van der Waals surface area contributed by atoms with Crippen LogP contribution in [0.15, 0.2) is 12.8 Å². The first kappa shape index (κ1) is 14.8. The van der Waals surface area contributed by atoms with Crippen molar-refractivity contribution in [3.63, 3.8) is 0 Å². The second-order valence-electron chi connectivity index (χ2n) is 3.88. The Bertz CT molecular complexity index is 169. The van der Waals surface area contributed by atoms with E-state index in [1.54, 1.807) is 0 Å². The number of hydrogen-bond donors (Lipinski definition) is 0. The lowest BCUT2D eigenvalue weighted by Gasteiger charge is -2.02. The standard InChI is InChI=1S/C12H25O2P/c1-3-5-6-7-8-9-10-11-12-15(13)14-4-2/h4,15H,2-3,5-12H2,1H3. The van der Waals surface area contributed by atoms with Crippen LogP contribution in [-0.2, 0) is 9.09 Å². The van der Waals surface area contributed by atoms with Gasteiger partial charge < -0.3 is 4.52 Å². The zero-order valence-electron chi connectivity index (χ0n) is 9.96. The van der Waals surface area contributed by atoms with E-state index in [-0.39, 0.29) is 0 Å². The molecule has 0 bridgehead atoms. The molecular weight excluding hydrogens is 207 g/mol. The molecule has 0 aromatic rings. The van der Waals surface area contributed by atoms with Crippen molar-refractivity contribution in [2.24, 2.45) is 0 Å². The van der Waals surface area contributed by atoms with Crippen LogP contribution in [0.5, 0.6) is 0 Å². The van der Waals surface area contributed by atoms with E-state index in [0.717, 1.165) is 6.42 Å². The van der Waals surface area contributed by atoms with Crippen LogP contribution in [0.3, 0.4) is 0 Å². The van der Waals surface area contributed by atoms with E-state index in [1.165, 1.54) is 51.2 Å². The molecule has 0 spiro atoms. The van der Waals surface area contributed by atoms with E-state index in [1.807, 2.05) is 0 Å². The van der Waals surface area contributed by atoms with Crippen LogP contribution in [0.1, 0.15) is 58.3 Å². The molecule has 0 rings (SSSR count). The van der Waals surface area contributed by atoms with Crippen molar-refractivity contribution in [3.8, 4) is 0 Å². The van der Waals surface area contributed by atoms with E-state index in [9.17, 15) is 4.57 Å². The molecule has 1 unspecified atom stereocenters. The molecule has 0 amide bonds. The van der Waals surface area contributed by atoms with Gasteiger partial charge >= 0.3 is 0 Å². The van der Waals surface area contributed by atoms with Crippen LogP contribution >= 0.6 is 8.03 Å². The minimum absolute atomic E-state index is 0.714. The second kappa shape index (κ2) is 11.8. The van der Waals surface area contributed by atoms with E-state index < -0.39 is 8.03 Å². The van der Waals surface area contributed by atoms with Gasteiger partial charge in [0.1, 0.15) is 0 Å². The van der Waals surface area contributed by atoms with E-state index in [2.05, 4.69) is 13.5 Å². The number of rotatable bonds is 11. The third-order valence-corrected chi connectivity index (χ3v) is 3.64. The van der Waals surface area contributed by atoms with Crippen molar-refractivity contribution in [2.45, 2.75) is 58.3 Å². The van der Waals surface area contributed by atoms with Crippen LogP contribution in [0.25, 0.3) is 0 Å². The van der Waals surface area contributed by atoms with Crippen LogP contribution < -0.4 is 0 Å². The summed E-state index contributed by atoms with van der Waals surface area (Å²) in [5, 5.41) is 0. The fraction of sp³-hybridized carbons (Fsp3) is 0.833. The highest BCUT2D eigenvalue weighted by Gasteiger charge is 1.97. The molecular formula is C12H25O2P. The van der Waals surface area contributed by atoms with Crippen LogP contribution in [0.2, 0.25) is 0 Å². The molecule has 1 atom stereocenters. The molecule has 0 fully saturated rings. The summed E-state index contributed by atoms with van der Waals surface area (Å²) in [5.41, 5.74) is 0. The molecule has 0 radical (unpaired) electrons. The molecule has 0 aliphatic heterocycles. The van der Waals surface area contributed by atoms with E-state index in [0.29, 0.717) is 6.16 Å². The highest BCUT2D eigenvalue weighted by Crippen LogP contribution is 2.24. The molecule has 15 heavy (non-hydrogen) atoms. The van der Waals surface area contributed by atoms with Gasteiger partial charge in [0, 0.05) is 6.16 Å². The Balaban J connectivity index is 3.04. The highest BCUT2D eigenvalue weighted by molar-refractivity contribution is 7.39. The molecule has 0 aromatic heterocycles. The molecule has 0 N–H and O–H groups in total. The summed E-state index contributed by atoms with van der Waals surface area (Å²) in [6, 6.07) is 0. The monoisotopic (exact) mass is 232 g/mol. The lowest BCUT2D eigenvalue weighted by Crippen LogP contribution is -1.83. The highest BCUT2D eigenvalue weighted by atomic mass is 31.1. The maximum atomic E-state index is 11.1. The first-order chi connectivity index (χ1) is 7.31. The Kier molecular flexibility index (Phi) is 11.7. The maximum Gasteiger partial charge on any atom is 0.235 e. The Labute approximate surface area is 95.0 Å². The third kappa shape index (κ3) is 11.7. The molecule has 2 nitrogen and oxygen atoms in total. The normalized spacial score (nSPS) is 12.3. The lowest BCUT2D eigenvalue weighted by atomic mass is 10.1. The summed E-state index contributed by atoms with van der Waals surface area (Å²) in [4.78, 5) is 0. The average Bonchev–Trinajstić information content (AvgIpc) is 2.22. The van der Waals surface area contributed by atoms with Crippen molar-refractivity contribution >= 4 is 8.03 Å². The molecule has 90 valence electrons. The van der Waals surface area contributed by atoms with Gasteiger partial charge in [-0.05, 0) is 6.42 Å². The van der Waals surface area contributed by atoms with E-state index >= 15 is 0 Å². The largest absolute Gasteiger partial charge is 0.453 e. The van der Waals surface area contributed by atoms with Gasteiger partial charge in [0.25, 0.3) is 0 Å². The fourth-order valence-electron chi connectivity index (χ4n) is 1.56. The average molecular weight is 232 g/mol. The Morgan fingerprint density at radius 3 is 2.13 bits per heavy atom. The minimum atomic E-state index is -1.81. The summed E-state index contributed by atoms with van der Waals surface area (Å²) >= 11 is 0. The molecule has 0 saturated heterocycles. The van der Waals surface area contributed by atoms with Gasteiger partial charge in [0.15, 0.2) is 0 Å². The van der Waals surface area contributed by atoms with Crippen molar-refractivity contribution in [3.05, 3.63) is 12.8 Å². The summed E-state index contributed by atoms with van der Waals surface area (Å²) in [7, 11) is -1.81. The van der Waals surface area contributed by atoms with Crippen molar-refractivity contribution in [1.29, 1.82) is 0 Å². The minimum Gasteiger partial charge on any atom is -0.453 e. The third-order valence-electron chi connectivity index (χ3n) is 2.45. The lowest BCUT2D eigenvalue weighted by molar-refractivity contribution is 0.461. The molecule has 0 saturated carbocycles. The molecule has 0 heterocycles. The molecule has 3 heteroatoms.